The van der Waals surface area contributed by atoms with E-state index in [0.717, 1.165) is 17.3 Å². The lowest BCUT2D eigenvalue weighted by atomic mass is 10.2. The molecule has 5 heteroatoms. The van der Waals surface area contributed by atoms with E-state index in [1.165, 1.54) is 10.6 Å². The third kappa shape index (κ3) is 4.34. The Morgan fingerprint density at radius 2 is 2.06 bits per heavy atom. The Kier molecular flexibility index (Phi) is 5.41. The maximum absolute atomic E-state index is 11.7. The van der Waals surface area contributed by atoms with Gasteiger partial charge in [0.15, 0.2) is 0 Å². The second-order valence-corrected chi connectivity index (χ2v) is 4.81. The Balaban J connectivity index is 2.68. The van der Waals surface area contributed by atoms with E-state index in [9.17, 15) is 9.59 Å². The summed E-state index contributed by atoms with van der Waals surface area (Å²) in [7, 11) is 0. The highest BCUT2D eigenvalue weighted by Gasteiger charge is 2.09. The van der Waals surface area contributed by atoms with Crippen molar-refractivity contribution in [2.45, 2.75) is 39.3 Å². The first-order valence-corrected chi connectivity index (χ1v) is 6.51. The second kappa shape index (κ2) is 6.59. The second-order valence-electron chi connectivity index (χ2n) is 3.89. The van der Waals surface area contributed by atoms with Gasteiger partial charge in [-0.05, 0) is 34.8 Å². The first-order valence-electron chi connectivity index (χ1n) is 5.72. The topological polar surface area (TPSA) is 51.1 Å². The minimum Gasteiger partial charge on any atom is -0.352 e. The van der Waals surface area contributed by atoms with E-state index in [4.69, 9.17) is 0 Å². The minimum atomic E-state index is -0.173. The van der Waals surface area contributed by atoms with Gasteiger partial charge in [-0.2, -0.15) is 0 Å². The molecule has 0 aliphatic carbocycles. The molecular formula is C12H17BrN2O2. The van der Waals surface area contributed by atoms with Crippen LogP contribution in [0.5, 0.6) is 0 Å². The van der Waals surface area contributed by atoms with Gasteiger partial charge >= 0.3 is 0 Å². The summed E-state index contributed by atoms with van der Waals surface area (Å²) >= 11 is 3.27. The molecule has 1 aromatic heterocycles. The summed E-state index contributed by atoms with van der Waals surface area (Å²) in [5.41, 5.74) is -0.173. The van der Waals surface area contributed by atoms with Gasteiger partial charge in [-0.15, -0.1) is 0 Å². The molecule has 0 radical (unpaired) electrons. The summed E-state index contributed by atoms with van der Waals surface area (Å²) in [4.78, 5) is 23.2. The number of pyridine rings is 1. The molecule has 1 N–H and O–H groups in total. The number of rotatable bonds is 5. The standard InChI is InChI=1S/C12H17BrN2O2/c1-3-10(4-2)14-11(16)8-15-7-9(13)5-6-12(15)17/h5-7,10H,3-4,8H2,1-2H3,(H,14,16). The van der Waals surface area contributed by atoms with E-state index < -0.39 is 0 Å². The van der Waals surface area contributed by atoms with Gasteiger partial charge in [0.1, 0.15) is 6.54 Å². The van der Waals surface area contributed by atoms with Gasteiger partial charge in [-0.3, -0.25) is 9.59 Å². The number of amides is 1. The summed E-state index contributed by atoms with van der Waals surface area (Å²) in [6.07, 6.45) is 3.42. The molecule has 0 spiro atoms. The van der Waals surface area contributed by atoms with Crippen LogP contribution in [0.1, 0.15) is 26.7 Å². The van der Waals surface area contributed by atoms with E-state index in [1.807, 2.05) is 13.8 Å². The maximum Gasteiger partial charge on any atom is 0.251 e. The molecule has 0 aromatic carbocycles. The van der Waals surface area contributed by atoms with Gasteiger partial charge in [0.2, 0.25) is 5.91 Å². The van der Waals surface area contributed by atoms with E-state index >= 15 is 0 Å². The van der Waals surface area contributed by atoms with Crippen molar-refractivity contribution in [2.75, 3.05) is 0 Å². The Hall–Kier alpha value is -1.10. The van der Waals surface area contributed by atoms with E-state index in [2.05, 4.69) is 21.2 Å². The van der Waals surface area contributed by atoms with Crippen molar-refractivity contribution in [3.05, 3.63) is 33.2 Å². The number of aromatic nitrogens is 1. The number of hydrogen-bond donors (Lipinski definition) is 1. The van der Waals surface area contributed by atoms with Crippen molar-refractivity contribution in [1.82, 2.24) is 9.88 Å². The maximum atomic E-state index is 11.7. The number of halogens is 1. The van der Waals surface area contributed by atoms with Crippen molar-refractivity contribution in [3.63, 3.8) is 0 Å². The average Bonchev–Trinajstić information content (AvgIpc) is 2.31. The zero-order valence-electron chi connectivity index (χ0n) is 10.1. The molecule has 1 amide bonds. The third-order valence-corrected chi connectivity index (χ3v) is 3.08. The normalized spacial score (nSPS) is 10.6. The lowest BCUT2D eigenvalue weighted by Crippen LogP contribution is -2.38. The lowest BCUT2D eigenvalue weighted by Gasteiger charge is -2.15. The van der Waals surface area contributed by atoms with Crippen LogP contribution < -0.4 is 10.9 Å². The molecular weight excluding hydrogens is 284 g/mol. The fraction of sp³-hybridized carbons (Fsp3) is 0.500. The van der Waals surface area contributed by atoms with Crippen LogP contribution in [0.4, 0.5) is 0 Å². The molecule has 94 valence electrons. The monoisotopic (exact) mass is 300 g/mol. The zero-order valence-corrected chi connectivity index (χ0v) is 11.7. The molecule has 0 saturated carbocycles. The third-order valence-electron chi connectivity index (χ3n) is 2.61. The van der Waals surface area contributed by atoms with Crippen LogP contribution in [0.2, 0.25) is 0 Å². The van der Waals surface area contributed by atoms with Crippen LogP contribution in [-0.2, 0) is 11.3 Å². The highest BCUT2D eigenvalue weighted by molar-refractivity contribution is 9.10. The fourth-order valence-electron chi connectivity index (χ4n) is 1.55. The summed E-state index contributed by atoms with van der Waals surface area (Å²) in [5.74, 6) is -0.126. The number of nitrogens with zero attached hydrogens (tertiary/aromatic N) is 1. The Bertz CT molecular complexity index is 438. The molecule has 0 unspecified atom stereocenters. The molecule has 17 heavy (non-hydrogen) atoms. The summed E-state index contributed by atoms with van der Waals surface area (Å²) in [5, 5.41) is 2.90. The summed E-state index contributed by atoms with van der Waals surface area (Å²) < 4.78 is 2.18. The van der Waals surface area contributed by atoms with Gasteiger partial charge in [-0.1, -0.05) is 13.8 Å². The van der Waals surface area contributed by atoms with Crippen LogP contribution in [0.25, 0.3) is 0 Å². The van der Waals surface area contributed by atoms with Crippen LogP contribution in [0, 0.1) is 0 Å². The first kappa shape index (κ1) is 14.0. The molecule has 0 fully saturated rings. The summed E-state index contributed by atoms with van der Waals surface area (Å²) in [6.45, 7) is 4.12. The lowest BCUT2D eigenvalue weighted by molar-refractivity contribution is -0.122. The number of carbonyl (C=O) groups is 1. The minimum absolute atomic E-state index is 0.0643. The Morgan fingerprint density at radius 3 is 2.65 bits per heavy atom. The van der Waals surface area contributed by atoms with Crippen LogP contribution >= 0.6 is 15.9 Å². The van der Waals surface area contributed by atoms with Crippen LogP contribution in [0.15, 0.2) is 27.6 Å². The number of hydrogen-bond acceptors (Lipinski definition) is 2. The van der Waals surface area contributed by atoms with Gasteiger partial charge in [0.25, 0.3) is 5.56 Å². The predicted molar refractivity (Wildman–Crippen MR) is 70.9 cm³/mol. The molecule has 1 rings (SSSR count). The quantitative estimate of drug-likeness (QED) is 0.903. The summed E-state index contributed by atoms with van der Waals surface area (Å²) in [6, 6.07) is 3.29. The highest BCUT2D eigenvalue weighted by Crippen LogP contribution is 2.04. The fourth-order valence-corrected chi connectivity index (χ4v) is 1.93. The molecule has 0 aliphatic rings. The largest absolute Gasteiger partial charge is 0.352 e. The first-order chi connectivity index (χ1) is 8.06. The Labute approximate surface area is 109 Å². The Morgan fingerprint density at radius 1 is 1.41 bits per heavy atom. The molecule has 0 aliphatic heterocycles. The van der Waals surface area contributed by atoms with E-state index in [0.29, 0.717) is 0 Å². The van der Waals surface area contributed by atoms with Crippen molar-refractivity contribution < 1.29 is 4.79 Å². The van der Waals surface area contributed by atoms with Crippen LogP contribution in [-0.4, -0.2) is 16.5 Å². The van der Waals surface area contributed by atoms with Crippen molar-refractivity contribution in [2.24, 2.45) is 0 Å². The van der Waals surface area contributed by atoms with Gasteiger partial charge in [-0.25, -0.2) is 0 Å². The van der Waals surface area contributed by atoms with Crippen molar-refractivity contribution in [3.8, 4) is 0 Å². The van der Waals surface area contributed by atoms with E-state index in [1.54, 1.807) is 12.3 Å². The molecule has 1 heterocycles. The zero-order chi connectivity index (χ0) is 12.8. The molecule has 0 saturated heterocycles. The van der Waals surface area contributed by atoms with Gasteiger partial charge in [0.05, 0.1) is 0 Å². The number of nitrogens with one attached hydrogen (secondary N) is 1. The SMILES string of the molecule is CCC(CC)NC(=O)Cn1cc(Br)ccc1=O. The smallest absolute Gasteiger partial charge is 0.251 e. The molecule has 0 bridgehead atoms. The van der Waals surface area contributed by atoms with Crippen molar-refractivity contribution in [1.29, 1.82) is 0 Å². The highest BCUT2D eigenvalue weighted by atomic mass is 79.9. The van der Waals surface area contributed by atoms with Gasteiger partial charge in [0, 0.05) is 22.8 Å². The molecule has 0 atom stereocenters. The molecule has 4 nitrogen and oxygen atoms in total. The van der Waals surface area contributed by atoms with E-state index in [-0.39, 0.29) is 24.1 Å². The van der Waals surface area contributed by atoms with Crippen LogP contribution in [0.3, 0.4) is 0 Å². The molecule has 1 aromatic rings. The average molecular weight is 301 g/mol. The predicted octanol–water partition coefficient (Wildman–Crippen LogP) is 1.92. The van der Waals surface area contributed by atoms with Gasteiger partial charge < -0.3 is 9.88 Å². The number of carbonyl (C=O) groups excluding carboxylic acids is 1. The van der Waals surface area contributed by atoms with Crippen molar-refractivity contribution >= 4 is 21.8 Å².